The van der Waals surface area contributed by atoms with Gasteiger partial charge in [-0.3, -0.25) is 23.4 Å². The topological polar surface area (TPSA) is 172 Å². The van der Waals surface area contributed by atoms with Crippen LogP contribution in [-0.2, 0) is 37.5 Å². The van der Waals surface area contributed by atoms with Crippen molar-refractivity contribution >= 4 is 25.7 Å². The summed E-state index contributed by atoms with van der Waals surface area (Å²) in [5, 5.41) is 8.83. The number of aliphatic carboxylic acids is 1. The van der Waals surface area contributed by atoms with Crippen molar-refractivity contribution in [2.75, 3.05) is 19.8 Å². The number of hydrogen-bond donors (Lipinski definition) is 3. The van der Waals surface area contributed by atoms with Gasteiger partial charge in [0, 0.05) is 12.8 Å². The van der Waals surface area contributed by atoms with Crippen molar-refractivity contribution in [1.29, 1.82) is 0 Å². The van der Waals surface area contributed by atoms with Crippen LogP contribution in [0.15, 0.2) is 36.5 Å². The monoisotopic (exact) mass is 687 g/mol. The number of phosphoric ester groups is 1. The summed E-state index contributed by atoms with van der Waals surface area (Å²) in [4.78, 5) is 45.6. The van der Waals surface area contributed by atoms with Crippen LogP contribution in [0.25, 0.3) is 0 Å². The van der Waals surface area contributed by atoms with Gasteiger partial charge in [0.25, 0.3) is 0 Å². The lowest BCUT2D eigenvalue weighted by Crippen LogP contribution is -2.34. The molecule has 0 amide bonds. The fourth-order valence-corrected chi connectivity index (χ4v) is 5.19. The third-order valence-corrected chi connectivity index (χ3v) is 8.16. The van der Waals surface area contributed by atoms with E-state index in [0.717, 1.165) is 57.8 Å². The molecule has 0 spiro atoms. The average Bonchev–Trinajstić information content (AvgIpc) is 3.04. The molecule has 0 aliphatic rings. The van der Waals surface area contributed by atoms with E-state index in [1.54, 1.807) is 0 Å². The highest BCUT2D eigenvalue weighted by atomic mass is 31.2. The molecule has 0 saturated heterocycles. The van der Waals surface area contributed by atoms with Crippen molar-refractivity contribution in [2.45, 2.75) is 148 Å². The predicted molar refractivity (Wildman–Crippen MR) is 185 cm³/mol. The maximum atomic E-state index is 12.5. The summed E-state index contributed by atoms with van der Waals surface area (Å²) in [5.74, 6) is -2.41. The van der Waals surface area contributed by atoms with E-state index < -0.39 is 51.1 Å². The Morgan fingerprint density at radius 1 is 0.681 bits per heavy atom. The molecule has 12 heteroatoms. The van der Waals surface area contributed by atoms with Crippen molar-refractivity contribution in [3.63, 3.8) is 0 Å². The number of phosphoric acid groups is 1. The van der Waals surface area contributed by atoms with E-state index in [1.807, 2.05) is 24.3 Å². The number of unbranched alkanes of at least 4 members (excludes halogenated alkanes) is 14. The molecule has 0 bridgehead atoms. The molecule has 11 nitrogen and oxygen atoms in total. The lowest BCUT2D eigenvalue weighted by atomic mass is 10.1. The van der Waals surface area contributed by atoms with Gasteiger partial charge in [0.05, 0.1) is 13.2 Å². The molecule has 0 aliphatic heterocycles. The molecule has 0 aromatic rings. The SMILES string of the molecule is CC/C=C/C=C/C=C/CCCCCCCC(=O)OC(COC(=O)CCCCCCCCCCCC)COP(=O)(O)OC[C@H](N)C(=O)O. The Hall–Kier alpha value is -2.30. The minimum absolute atomic E-state index is 0.139. The average molecular weight is 688 g/mol. The Bertz CT molecular complexity index is 953. The zero-order valence-corrected chi connectivity index (χ0v) is 29.8. The molecule has 4 N–H and O–H groups in total. The quantitative estimate of drug-likeness (QED) is 0.0270. The van der Waals surface area contributed by atoms with Crippen LogP contribution in [0.5, 0.6) is 0 Å². The summed E-state index contributed by atoms with van der Waals surface area (Å²) in [6, 6.07) is -1.52. The summed E-state index contributed by atoms with van der Waals surface area (Å²) in [6.07, 6.45) is 29.4. The number of nitrogens with two attached hydrogens (primary N) is 1. The molecule has 0 fully saturated rings. The third-order valence-electron chi connectivity index (χ3n) is 7.21. The first-order chi connectivity index (χ1) is 22.6. The Kier molecular flexibility index (Phi) is 29.5. The number of hydrogen-bond acceptors (Lipinski definition) is 9. The largest absolute Gasteiger partial charge is 0.480 e. The lowest BCUT2D eigenvalue weighted by Gasteiger charge is -2.20. The normalized spacial score (nSPS) is 14.5. The Balaban J connectivity index is 4.53. The first-order valence-electron chi connectivity index (χ1n) is 17.5. The van der Waals surface area contributed by atoms with E-state index >= 15 is 0 Å². The number of carbonyl (C=O) groups is 3. The Morgan fingerprint density at radius 3 is 1.77 bits per heavy atom. The zero-order valence-electron chi connectivity index (χ0n) is 28.9. The molecule has 0 radical (unpaired) electrons. The summed E-state index contributed by atoms with van der Waals surface area (Å²) in [6.45, 7) is 2.59. The molecular formula is C35H62NO10P. The number of esters is 2. The standard InChI is InChI=1S/C35H62NO10P/c1-3-5-7-9-11-13-15-16-17-19-21-23-25-27-34(38)46-31(29-44-47(41,42)45-30-32(36)35(39)40)28-43-33(37)26-24-22-20-18-14-12-10-8-6-4-2/h5,7,9,11,13,15,31-32H,3-4,6,8,10,12,14,16-30,36H2,1-2H3,(H,39,40)(H,41,42)/b7-5+,11-9+,15-13+/t31?,32-/m0/s1. The van der Waals surface area contributed by atoms with Crippen LogP contribution >= 0.6 is 7.82 Å². The van der Waals surface area contributed by atoms with Gasteiger partial charge in [0.1, 0.15) is 12.6 Å². The lowest BCUT2D eigenvalue weighted by molar-refractivity contribution is -0.161. The Labute approximate surface area is 282 Å². The van der Waals surface area contributed by atoms with Crippen LogP contribution in [0.4, 0.5) is 0 Å². The molecule has 272 valence electrons. The first kappa shape index (κ1) is 44.7. The highest BCUT2D eigenvalue weighted by Gasteiger charge is 2.28. The van der Waals surface area contributed by atoms with E-state index in [1.165, 1.54) is 38.5 Å². The molecule has 0 rings (SSSR count). The molecule has 0 saturated carbocycles. The first-order valence-corrected chi connectivity index (χ1v) is 19.0. The molecule has 0 heterocycles. The zero-order chi connectivity index (χ0) is 35.0. The number of allylic oxidation sites excluding steroid dienone is 6. The van der Waals surface area contributed by atoms with Crippen LogP contribution in [-0.4, -0.2) is 59.9 Å². The smallest absolute Gasteiger partial charge is 0.472 e. The second kappa shape index (κ2) is 31.0. The van der Waals surface area contributed by atoms with Crippen LogP contribution < -0.4 is 5.73 Å². The number of carboxylic acid groups (broad SMARTS) is 1. The summed E-state index contributed by atoms with van der Waals surface area (Å²) in [7, 11) is -4.71. The fraction of sp³-hybridized carbons (Fsp3) is 0.743. The summed E-state index contributed by atoms with van der Waals surface area (Å²) in [5.41, 5.74) is 5.30. The van der Waals surface area contributed by atoms with E-state index in [2.05, 4.69) is 30.5 Å². The summed E-state index contributed by atoms with van der Waals surface area (Å²) < 4.78 is 32.4. The Morgan fingerprint density at radius 2 is 1.19 bits per heavy atom. The van der Waals surface area contributed by atoms with E-state index in [9.17, 15) is 23.8 Å². The highest BCUT2D eigenvalue weighted by Crippen LogP contribution is 2.43. The van der Waals surface area contributed by atoms with E-state index in [-0.39, 0.29) is 19.4 Å². The predicted octanol–water partition coefficient (Wildman–Crippen LogP) is 8.11. The third kappa shape index (κ3) is 30.8. The van der Waals surface area contributed by atoms with Crippen molar-refractivity contribution in [2.24, 2.45) is 5.73 Å². The van der Waals surface area contributed by atoms with Crippen molar-refractivity contribution in [3.8, 4) is 0 Å². The van der Waals surface area contributed by atoms with Gasteiger partial charge in [-0.2, -0.15) is 0 Å². The van der Waals surface area contributed by atoms with Gasteiger partial charge in [0.2, 0.25) is 0 Å². The van der Waals surface area contributed by atoms with Gasteiger partial charge in [-0.05, 0) is 32.1 Å². The van der Waals surface area contributed by atoms with E-state index in [0.29, 0.717) is 12.8 Å². The van der Waals surface area contributed by atoms with Gasteiger partial charge in [-0.25, -0.2) is 4.57 Å². The van der Waals surface area contributed by atoms with Gasteiger partial charge in [-0.1, -0.05) is 127 Å². The number of rotatable bonds is 32. The molecule has 0 aliphatic carbocycles. The van der Waals surface area contributed by atoms with Crippen molar-refractivity contribution in [3.05, 3.63) is 36.5 Å². The second-order valence-corrected chi connectivity index (χ2v) is 13.1. The minimum atomic E-state index is -4.71. The highest BCUT2D eigenvalue weighted by molar-refractivity contribution is 7.47. The second-order valence-electron chi connectivity index (χ2n) is 11.7. The molecule has 2 unspecified atom stereocenters. The van der Waals surface area contributed by atoms with Gasteiger partial charge >= 0.3 is 25.7 Å². The molecule has 0 aromatic heterocycles. The maximum absolute atomic E-state index is 12.5. The van der Waals surface area contributed by atoms with Gasteiger partial charge < -0.3 is 25.2 Å². The molecular weight excluding hydrogens is 625 g/mol. The number of carboxylic acids is 1. The molecule has 0 aromatic carbocycles. The summed E-state index contributed by atoms with van der Waals surface area (Å²) >= 11 is 0. The van der Waals surface area contributed by atoms with E-state index in [4.69, 9.17) is 24.8 Å². The number of ether oxygens (including phenoxy) is 2. The fourth-order valence-electron chi connectivity index (χ4n) is 4.42. The van der Waals surface area contributed by atoms with Crippen LogP contribution in [0.2, 0.25) is 0 Å². The van der Waals surface area contributed by atoms with Gasteiger partial charge in [-0.15, -0.1) is 0 Å². The van der Waals surface area contributed by atoms with Crippen molar-refractivity contribution < 1.29 is 47.5 Å². The molecule has 3 atom stereocenters. The van der Waals surface area contributed by atoms with Crippen molar-refractivity contribution in [1.82, 2.24) is 0 Å². The van der Waals surface area contributed by atoms with Gasteiger partial charge in [0.15, 0.2) is 6.10 Å². The van der Waals surface area contributed by atoms with Crippen LogP contribution in [0, 0.1) is 0 Å². The minimum Gasteiger partial charge on any atom is -0.480 e. The van der Waals surface area contributed by atoms with Crippen LogP contribution in [0.3, 0.4) is 0 Å². The number of carbonyl (C=O) groups excluding carboxylic acids is 2. The van der Waals surface area contributed by atoms with Crippen LogP contribution in [0.1, 0.15) is 136 Å². The maximum Gasteiger partial charge on any atom is 0.472 e. The molecule has 47 heavy (non-hydrogen) atoms.